The number of benzene rings is 3. The van der Waals surface area contributed by atoms with E-state index in [4.69, 9.17) is 11.6 Å². The fourth-order valence-electron chi connectivity index (χ4n) is 2.92. The number of rotatable bonds is 4. The van der Waals surface area contributed by atoms with E-state index in [1.807, 2.05) is 36.4 Å². The first-order chi connectivity index (χ1) is 11.8. The van der Waals surface area contributed by atoms with Crippen LogP contribution in [0.1, 0.15) is 27.9 Å². The summed E-state index contributed by atoms with van der Waals surface area (Å²) in [4.78, 5) is 8.03. The molecule has 3 aromatic carbocycles. The number of fused-ring (bicyclic) bond motifs is 1. The van der Waals surface area contributed by atoms with Crippen molar-refractivity contribution in [3.63, 3.8) is 0 Å². The predicted molar refractivity (Wildman–Crippen MR) is 99.5 cm³/mol. The van der Waals surface area contributed by atoms with Gasteiger partial charge in [0.05, 0.1) is 11.0 Å². The van der Waals surface area contributed by atoms with Crippen molar-refractivity contribution in [3.8, 4) is 0 Å². The smallest absolute Gasteiger partial charge is 0.129 e. The van der Waals surface area contributed by atoms with Gasteiger partial charge in [-0.15, -0.1) is 11.6 Å². The zero-order valence-corrected chi connectivity index (χ0v) is 13.9. The molecule has 4 aromatic rings. The highest BCUT2D eigenvalue weighted by molar-refractivity contribution is 6.22. The molecule has 1 unspecified atom stereocenters. The zero-order valence-electron chi connectivity index (χ0n) is 13.1. The van der Waals surface area contributed by atoms with Crippen LogP contribution in [0, 0.1) is 0 Å². The van der Waals surface area contributed by atoms with Crippen LogP contribution in [0.15, 0.2) is 78.9 Å². The Morgan fingerprint density at radius 1 is 0.833 bits per heavy atom. The van der Waals surface area contributed by atoms with Crippen LogP contribution < -0.4 is 0 Å². The summed E-state index contributed by atoms with van der Waals surface area (Å²) in [5.41, 5.74) is 5.58. The molecule has 1 N–H and O–H groups in total. The van der Waals surface area contributed by atoms with E-state index in [9.17, 15) is 0 Å². The van der Waals surface area contributed by atoms with E-state index in [0.29, 0.717) is 0 Å². The van der Waals surface area contributed by atoms with E-state index in [2.05, 4.69) is 52.4 Å². The quantitative estimate of drug-likeness (QED) is 0.492. The maximum absolute atomic E-state index is 6.58. The van der Waals surface area contributed by atoms with Crippen LogP contribution in [0.5, 0.6) is 0 Å². The molecule has 0 radical (unpaired) electrons. The molecule has 0 fully saturated rings. The minimum absolute atomic E-state index is 0.267. The summed E-state index contributed by atoms with van der Waals surface area (Å²) in [5, 5.41) is -0.267. The molecule has 0 saturated heterocycles. The molecule has 118 valence electrons. The van der Waals surface area contributed by atoms with E-state index in [1.165, 1.54) is 11.1 Å². The zero-order chi connectivity index (χ0) is 16.4. The minimum Gasteiger partial charge on any atom is -0.340 e. The number of aromatic nitrogens is 2. The third kappa shape index (κ3) is 3.06. The van der Waals surface area contributed by atoms with Crippen LogP contribution in [-0.4, -0.2) is 9.97 Å². The summed E-state index contributed by atoms with van der Waals surface area (Å²) in [5.74, 6) is 0.787. The van der Waals surface area contributed by atoms with Gasteiger partial charge < -0.3 is 4.98 Å². The highest BCUT2D eigenvalue weighted by Crippen LogP contribution is 2.28. The summed E-state index contributed by atoms with van der Waals surface area (Å²) in [7, 11) is 0. The molecule has 0 bridgehead atoms. The summed E-state index contributed by atoms with van der Waals surface area (Å²) in [6.45, 7) is 0. The summed E-state index contributed by atoms with van der Waals surface area (Å²) in [6, 6.07) is 26.8. The lowest BCUT2D eigenvalue weighted by molar-refractivity contribution is 1.00. The summed E-state index contributed by atoms with van der Waals surface area (Å²) < 4.78 is 0. The number of alkyl halides is 1. The van der Waals surface area contributed by atoms with Gasteiger partial charge in [0.1, 0.15) is 11.2 Å². The fourth-order valence-corrected chi connectivity index (χ4v) is 3.17. The molecule has 0 aliphatic carbocycles. The van der Waals surface area contributed by atoms with E-state index in [1.54, 1.807) is 0 Å². The monoisotopic (exact) mass is 332 g/mol. The van der Waals surface area contributed by atoms with Gasteiger partial charge in [-0.25, -0.2) is 4.98 Å². The first kappa shape index (κ1) is 15.0. The van der Waals surface area contributed by atoms with E-state index in [-0.39, 0.29) is 5.38 Å². The van der Waals surface area contributed by atoms with Crippen LogP contribution in [0.25, 0.3) is 11.0 Å². The third-order valence-electron chi connectivity index (χ3n) is 4.15. The molecule has 0 saturated carbocycles. The van der Waals surface area contributed by atoms with Gasteiger partial charge >= 0.3 is 0 Å². The Kier molecular flexibility index (Phi) is 4.06. The number of hydrogen-bond donors (Lipinski definition) is 1. The lowest BCUT2D eigenvalue weighted by atomic mass is 10.0. The van der Waals surface area contributed by atoms with Gasteiger partial charge in [-0.3, -0.25) is 0 Å². The molecule has 0 aliphatic heterocycles. The normalized spacial score (nSPS) is 12.4. The topological polar surface area (TPSA) is 28.7 Å². The number of nitrogens with zero attached hydrogens (tertiary/aromatic N) is 1. The van der Waals surface area contributed by atoms with Crippen LogP contribution in [0.4, 0.5) is 0 Å². The van der Waals surface area contributed by atoms with Crippen molar-refractivity contribution in [1.82, 2.24) is 9.97 Å². The molecule has 0 spiro atoms. The van der Waals surface area contributed by atoms with Gasteiger partial charge in [-0.05, 0) is 35.2 Å². The van der Waals surface area contributed by atoms with Crippen LogP contribution in [-0.2, 0) is 6.42 Å². The highest BCUT2D eigenvalue weighted by Gasteiger charge is 2.15. The molecule has 1 aromatic heterocycles. The van der Waals surface area contributed by atoms with Crippen LogP contribution in [0.2, 0.25) is 0 Å². The van der Waals surface area contributed by atoms with E-state index < -0.39 is 0 Å². The summed E-state index contributed by atoms with van der Waals surface area (Å²) in [6.07, 6.45) is 0.911. The third-order valence-corrected chi connectivity index (χ3v) is 4.61. The van der Waals surface area contributed by atoms with E-state index >= 15 is 0 Å². The van der Waals surface area contributed by atoms with Crippen LogP contribution in [0.3, 0.4) is 0 Å². The number of aromatic amines is 1. The van der Waals surface area contributed by atoms with Crippen molar-refractivity contribution in [2.45, 2.75) is 11.8 Å². The number of halogens is 1. The molecule has 24 heavy (non-hydrogen) atoms. The number of nitrogens with one attached hydrogen (secondary N) is 1. The maximum atomic E-state index is 6.58. The van der Waals surface area contributed by atoms with Crippen molar-refractivity contribution in [2.24, 2.45) is 0 Å². The first-order valence-corrected chi connectivity index (χ1v) is 8.45. The van der Waals surface area contributed by atoms with Crippen molar-refractivity contribution >= 4 is 22.6 Å². The Hall–Kier alpha value is -2.58. The number of H-pyrrole nitrogens is 1. The molecule has 3 heteroatoms. The Morgan fingerprint density at radius 2 is 1.54 bits per heavy atom. The Bertz CT molecular complexity index is 945. The van der Waals surface area contributed by atoms with Crippen molar-refractivity contribution < 1.29 is 0 Å². The molecule has 4 rings (SSSR count). The number of imidazole rings is 1. The minimum atomic E-state index is -0.267. The standard InChI is InChI=1S/C21H17ClN2/c22-20(17-9-5-2-6-10-17)21-23-18-12-11-16(14-19(18)24-21)13-15-7-3-1-4-8-15/h1-12,14,20H,13H2,(H,23,24). The Morgan fingerprint density at radius 3 is 2.29 bits per heavy atom. The van der Waals surface area contributed by atoms with Gasteiger partial charge in [0.2, 0.25) is 0 Å². The largest absolute Gasteiger partial charge is 0.340 e. The predicted octanol–water partition coefficient (Wildman–Crippen LogP) is 5.48. The maximum Gasteiger partial charge on any atom is 0.129 e. The highest BCUT2D eigenvalue weighted by atomic mass is 35.5. The fraction of sp³-hybridized carbons (Fsp3) is 0.0952. The average Bonchev–Trinajstić information content (AvgIpc) is 3.06. The number of hydrogen-bond acceptors (Lipinski definition) is 1. The van der Waals surface area contributed by atoms with Gasteiger partial charge in [0.15, 0.2) is 0 Å². The summed E-state index contributed by atoms with van der Waals surface area (Å²) >= 11 is 6.58. The lowest BCUT2D eigenvalue weighted by Crippen LogP contribution is -1.94. The first-order valence-electron chi connectivity index (χ1n) is 8.01. The Balaban J connectivity index is 1.64. The average molecular weight is 333 g/mol. The molecule has 1 heterocycles. The van der Waals surface area contributed by atoms with Crippen molar-refractivity contribution in [1.29, 1.82) is 0 Å². The second-order valence-electron chi connectivity index (χ2n) is 5.91. The van der Waals surface area contributed by atoms with Gasteiger partial charge in [0, 0.05) is 0 Å². The van der Waals surface area contributed by atoms with Crippen LogP contribution >= 0.6 is 11.6 Å². The molecule has 0 amide bonds. The van der Waals surface area contributed by atoms with Gasteiger partial charge in [-0.1, -0.05) is 66.7 Å². The second kappa shape index (κ2) is 6.50. The lowest BCUT2D eigenvalue weighted by Gasteiger charge is -2.05. The SMILES string of the molecule is ClC(c1ccccc1)c1nc2ccc(Cc3ccccc3)cc2[nH]1. The van der Waals surface area contributed by atoms with E-state index in [0.717, 1.165) is 28.8 Å². The second-order valence-corrected chi connectivity index (χ2v) is 6.35. The van der Waals surface area contributed by atoms with Gasteiger partial charge in [0.25, 0.3) is 0 Å². The van der Waals surface area contributed by atoms with Crippen molar-refractivity contribution in [3.05, 3.63) is 101 Å². The molecular formula is C21H17ClN2. The molecule has 0 aliphatic rings. The molecule has 1 atom stereocenters. The Labute approximate surface area is 146 Å². The molecule has 2 nitrogen and oxygen atoms in total. The molecular weight excluding hydrogens is 316 g/mol. The van der Waals surface area contributed by atoms with Crippen molar-refractivity contribution in [2.75, 3.05) is 0 Å². The van der Waals surface area contributed by atoms with Gasteiger partial charge in [-0.2, -0.15) is 0 Å².